The molecule has 0 unspecified atom stereocenters. The van der Waals surface area contributed by atoms with Gasteiger partial charge in [0.05, 0.1) is 6.04 Å². The first-order valence-corrected chi connectivity index (χ1v) is 11.3. The number of rotatable bonds is 6. The average Bonchev–Trinajstić information content (AvgIpc) is 2.83. The van der Waals surface area contributed by atoms with Crippen molar-refractivity contribution in [2.24, 2.45) is 5.92 Å². The lowest BCUT2D eigenvalue weighted by Crippen LogP contribution is -2.46. The minimum Gasteiger partial charge on any atom is -0.381 e. The zero-order chi connectivity index (χ0) is 20.6. The Morgan fingerprint density at radius 3 is 2.03 bits per heavy atom. The van der Waals surface area contributed by atoms with Crippen molar-refractivity contribution in [3.8, 4) is 0 Å². The Labute approximate surface area is 179 Å². The SMILES string of the molecule is O=C(NCC1CCN(C2CCOCC2)CC1)NC(c1ccccc1)c1ccccc1. The highest BCUT2D eigenvalue weighted by Crippen LogP contribution is 2.24. The van der Waals surface area contributed by atoms with Crippen molar-refractivity contribution in [3.63, 3.8) is 0 Å². The molecule has 0 aliphatic carbocycles. The molecule has 2 aliphatic heterocycles. The predicted molar refractivity (Wildman–Crippen MR) is 119 cm³/mol. The fourth-order valence-electron chi connectivity index (χ4n) is 4.64. The highest BCUT2D eigenvalue weighted by atomic mass is 16.5. The lowest BCUT2D eigenvalue weighted by atomic mass is 9.94. The summed E-state index contributed by atoms with van der Waals surface area (Å²) in [5.41, 5.74) is 2.17. The van der Waals surface area contributed by atoms with E-state index >= 15 is 0 Å². The molecule has 2 aliphatic rings. The van der Waals surface area contributed by atoms with E-state index in [4.69, 9.17) is 4.74 Å². The van der Waals surface area contributed by atoms with Crippen LogP contribution >= 0.6 is 0 Å². The summed E-state index contributed by atoms with van der Waals surface area (Å²) in [4.78, 5) is 15.3. The lowest BCUT2D eigenvalue weighted by molar-refractivity contribution is 0.0213. The molecule has 0 spiro atoms. The molecule has 2 saturated heterocycles. The lowest BCUT2D eigenvalue weighted by Gasteiger charge is -2.39. The smallest absolute Gasteiger partial charge is 0.315 e. The molecule has 160 valence electrons. The molecule has 2 amide bonds. The summed E-state index contributed by atoms with van der Waals surface area (Å²) in [5, 5.41) is 6.30. The van der Waals surface area contributed by atoms with E-state index in [1.54, 1.807) is 0 Å². The van der Waals surface area contributed by atoms with Crippen LogP contribution in [0.3, 0.4) is 0 Å². The van der Waals surface area contributed by atoms with E-state index in [1.807, 2.05) is 36.4 Å². The molecular weight excluding hydrogens is 374 g/mol. The molecular formula is C25H33N3O2. The number of carbonyl (C=O) groups excluding carboxylic acids is 1. The van der Waals surface area contributed by atoms with Crippen LogP contribution in [0.15, 0.2) is 60.7 Å². The number of urea groups is 1. The number of hydrogen-bond donors (Lipinski definition) is 2. The third-order valence-electron chi connectivity index (χ3n) is 6.45. The quantitative estimate of drug-likeness (QED) is 0.762. The second-order valence-electron chi connectivity index (χ2n) is 8.43. The molecule has 2 N–H and O–H groups in total. The van der Waals surface area contributed by atoms with Gasteiger partial charge in [-0.1, -0.05) is 60.7 Å². The Bertz CT molecular complexity index is 730. The molecule has 2 heterocycles. The third kappa shape index (κ3) is 5.61. The van der Waals surface area contributed by atoms with E-state index < -0.39 is 0 Å². The highest BCUT2D eigenvalue weighted by Gasteiger charge is 2.26. The van der Waals surface area contributed by atoms with E-state index in [2.05, 4.69) is 39.8 Å². The van der Waals surface area contributed by atoms with Crippen molar-refractivity contribution < 1.29 is 9.53 Å². The monoisotopic (exact) mass is 407 g/mol. The number of hydrogen-bond acceptors (Lipinski definition) is 3. The van der Waals surface area contributed by atoms with Gasteiger partial charge in [0, 0.05) is 25.8 Å². The Kier molecular flexibility index (Phi) is 7.38. The number of carbonyl (C=O) groups is 1. The predicted octanol–water partition coefficient (Wildman–Crippen LogP) is 3.97. The first kappa shape index (κ1) is 20.9. The second kappa shape index (κ2) is 10.6. The molecule has 0 radical (unpaired) electrons. The summed E-state index contributed by atoms with van der Waals surface area (Å²) in [7, 11) is 0. The van der Waals surface area contributed by atoms with Gasteiger partial charge in [-0.15, -0.1) is 0 Å². The summed E-state index contributed by atoms with van der Waals surface area (Å²) in [5.74, 6) is 0.554. The maximum absolute atomic E-state index is 12.7. The van der Waals surface area contributed by atoms with E-state index in [1.165, 1.54) is 0 Å². The third-order valence-corrected chi connectivity index (χ3v) is 6.45. The van der Waals surface area contributed by atoms with Crippen molar-refractivity contribution in [2.45, 2.75) is 37.8 Å². The molecule has 0 bridgehead atoms. The van der Waals surface area contributed by atoms with Gasteiger partial charge >= 0.3 is 6.03 Å². The number of likely N-dealkylation sites (tertiary alicyclic amines) is 1. The Morgan fingerprint density at radius 1 is 0.900 bits per heavy atom. The standard InChI is InChI=1S/C25H33N3O2/c29-25(26-19-20-11-15-28(16-12-20)23-13-17-30-18-14-23)27-24(21-7-3-1-4-8-21)22-9-5-2-6-10-22/h1-10,20,23-24H,11-19H2,(H2,26,27,29). The van der Waals surface area contributed by atoms with Gasteiger partial charge in [0.2, 0.25) is 0 Å². The van der Waals surface area contributed by atoms with Gasteiger partial charge in [0.15, 0.2) is 0 Å². The van der Waals surface area contributed by atoms with E-state index in [9.17, 15) is 4.79 Å². The molecule has 0 saturated carbocycles. The van der Waals surface area contributed by atoms with Gasteiger partial charge in [0.25, 0.3) is 0 Å². The number of piperidine rings is 1. The van der Waals surface area contributed by atoms with E-state index in [0.717, 1.165) is 69.7 Å². The molecule has 5 nitrogen and oxygen atoms in total. The van der Waals surface area contributed by atoms with Crippen LogP contribution in [0.5, 0.6) is 0 Å². The maximum Gasteiger partial charge on any atom is 0.315 e. The number of benzene rings is 2. The highest BCUT2D eigenvalue weighted by molar-refractivity contribution is 5.75. The van der Waals surface area contributed by atoms with Crippen LogP contribution in [-0.4, -0.2) is 49.8 Å². The van der Waals surface area contributed by atoms with Gasteiger partial charge < -0.3 is 20.3 Å². The zero-order valence-electron chi connectivity index (χ0n) is 17.6. The first-order valence-electron chi connectivity index (χ1n) is 11.3. The second-order valence-corrected chi connectivity index (χ2v) is 8.43. The van der Waals surface area contributed by atoms with Crippen molar-refractivity contribution >= 4 is 6.03 Å². The van der Waals surface area contributed by atoms with Crippen LogP contribution < -0.4 is 10.6 Å². The number of ether oxygens (including phenoxy) is 1. The fraction of sp³-hybridized carbons (Fsp3) is 0.480. The summed E-state index contributed by atoms with van der Waals surface area (Å²) >= 11 is 0. The summed E-state index contributed by atoms with van der Waals surface area (Å²) in [6.45, 7) is 4.81. The van der Waals surface area contributed by atoms with Crippen LogP contribution in [0.2, 0.25) is 0 Å². The topological polar surface area (TPSA) is 53.6 Å². The molecule has 5 heteroatoms. The van der Waals surface area contributed by atoms with Crippen molar-refractivity contribution in [1.29, 1.82) is 0 Å². The van der Waals surface area contributed by atoms with Crippen LogP contribution in [0.4, 0.5) is 4.79 Å². The fourth-order valence-corrected chi connectivity index (χ4v) is 4.64. The van der Waals surface area contributed by atoms with E-state index in [0.29, 0.717) is 12.0 Å². The number of nitrogens with zero attached hydrogens (tertiary/aromatic N) is 1. The molecule has 0 atom stereocenters. The van der Waals surface area contributed by atoms with E-state index in [-0.39, 0.29) is 12.1 Å². The van der Waals surface area contributed by atoms with Gasteiger partial charge in [-0.05, 0) is 55.8 Å². The minimum atomic E-state index is -0.150. The Hall–Kier alpha value is -2.37. The summed E-state index contributed by atoms with van der Waals surface area (Å²) in [6, 6.07) is 20.7. The maximum atomic E-state index is 12.7. The molecule has 30 heavy (non-hydrogen) atoms. The van der Waals surface area contributed by atoms with Crippen molar-refractivity contribution in [3.05, 3.63) is 71.8 Å². The summed E-state index contributed by atoms with van der Waals surface area (Å²) in [6.07, 6.45) is 4.62. The molecule has 4 rings (SSSR count). The molecule has 2 aromatic rings. The van der Waals surface area contributed by atoms with Crippen LogP contribution in [0.25, 0.3) is 0 Å². The van der Waals surface area contributed by atoms with Gasteiger partial charge in [-0.2, -0.15) is 0 Å². The molecule has 0 aromatic heterocycles. The Morgan fingerprint density at radius 2 is 1.47 bits per heavy atom. The minimum absolute atomic E-state index is 0.0976. The van der Waals surface area contributed by atoms with Gasteiger partial charge in [-0.3, -0.25) is 0 Å². The number of amides is 2. The van der Waals surface area contributed by atoms with Crippen LogP contribution in [-0.2, 0) is 4.74 Å². The molecule has 2 fully saturated rings. The average molecular weight is 408 g/mol. The van der Waals surface area contributed by atoms with Crippen LogP contribution in [0.1, 0.15) is 42.9 Å². The normalized spacial score (nSPS) is 19.0. The number of nitrogens with one attached hydrogen (secondary N) is 2. The van der Waals surface area contributed by atoms with Crippen molar-refractivity contribution in [2.75, 3.05) is 32.8 Å². The molecule has 2 aromatic carbocycles. The van der Waals surface area contributed by atoms with Gasteiger partial charge in [0.1, 0.15) is 0 Å². The van der Waals surface area contributed by atoms with Crippen LogP contribution in [0, 0.1) is 5.92 Å². The zero-order valence-corrected chi connectivity index (χ0v) is 17.6. The Balaban J connectivity index is 1.27. The first-order chi connectivity index (χ1) is 14.8. The van der Waals surface area contributed by atoms with Crippen molar-refractivity contribution in [1.82, 2.24) is 15.5 Å². The summed E-state index contributed by atoms with van der Waals surface area (Å²) < 4.78 is 5.49. The largest absolute Gasteiger partial charge is 0.381 e. The van der Waals surface area contributed by atoms with Gasteiger partial charge in [-0.25, -0.2) is 4.79 Å².